The number of rotatable bonds is 6. The van der Waals surface area contributed by atoms with E-state index in [-0.39, 0.29) is 5.66 Å². The Morgan fingerprint density at radius 3 is 1.61 bits per heavy atom. The third kappa shape index (κ3) is 3.78. The van der Waals surface area contributed by atoms with E-state index in [9.17, 15) is 4.79 Å². The molecular formula is C29H33BrNOP. The van der Waals surface area contributed by atoms with Gasteiger partial charge < -0.3 is 0 Å². The van der Waals surface area contributed by atoms with Gasteiger partial charge in [0, 0.05) is 0 Å². The molecule has 0 spiro atoms. The van der Waals surface area contributed by atoms with Gasteiger partial charge in [0.25, 0.3) is 0 Å². The van der Waals surface area contributed by atoms with E-state index in [1.807, 2.05) is 0 Å². The van der Waals surface area contributed by atoms with E-state index in [4.69, 9.17) is 0 Å². The van der Waals surface area contributed by atoms with E-state index in [2.05, 4.69) is 111 Å². The molecule has 2 aliphatic rings. The Balaban J connectivity index is 1.67. The molecule has 33 heavy (non-hydrogen) atoms. The summed E-state index contributed by atoms with van der Waals surface area (Å²) in [5.74, 6) is 0.986. The molecule has 5 rings (SSSR count). The molecule has 1 unspecified atom stereocenters. The van der Waals surface area contributed by atoms with Gasteiger partial charge >= 0.3 is 206 Å². The summed E-state index contributed by atoms with van der Waals surface area (Å²) < 4.78 is 0. The minimum absolute atomic E-state index is 0.105. The predicted octanol–water partition coefficient (Wildman–Crippen LogP) is 6.01. The van der Waals surface area contributed by atoms with Crippen molar-refractivity contribution in [3.05, 3.63) is 91.0 Å². The Hall–Kier alpha value is -1.96. The summed E-state index contributed by atoms with van der Waals surface area (Å²) in [5.41, 5.74) is -0.105. The second-order valence-electron chi connectivity index (χ2n) is 9.67. The van der Waals surface area contributed by atoms with E-state index in [1.54, 1.807) is 0 Å². The van der Waals surface area contributed by atoms with Crippen molar-refractivity contribution in [2.45, 2.75) is 44.2 Å². The van der Waals surface area contributed by atoms with E-state index < -0.39 is 5.31 Å². The van der Waals surface area contributed by atoms with Crippen LogP contribution < -0.4 is 15.9 Å². The molecule has 1 aliphatic carbocycles. The fourth-order valence-electron chi connectivity index (χ4n) is 6.18. The van der Waals surface area contributed by atoms with Gasteiger partial charge in [0.2, 0.25) is 0 Å². The third-order valence-electron chi connectivity index (χ3n) is 7.84. The first kappa shape index (κ1) is 22.8. The molecule has 0 aromatic heterocycles. The van der Waals surface area contributed by atoms with Crippen LogP contribution in [0.1, 0.15) is 38.5 Å². The van der Waals surface area contributed by atoms with Crippen LogP contribution in [0.15, 0.2) is 91.0 Å². The quantitative estimate of drug-likeness (QED) is 0.364. The minimum atomic E-state index is -3.27. The van der Waals surface area contributed by atoms with E-state index >= 15 is 0 Å². The molecule has 172 valence electrons. The number of nitrogens with zero attached hydrogens (tertiary/aromatic N) is 1. The molecular weight excluding hydrogens is 489 g/mol. The van der Waals surface area contributed by atoms with E-state index in [1.165, 1.54) is 48.0 Å². The van der Waals surface area contributed by atoms with Crippen LogP contribution in [0.4, 0.5) is 0 Å². The van der Waals surface area contributed by atoms with Gasteiger partial charge in [-0.3, -0.25) is 0 Å². The normalized spacial score (nSPS) is 21.0. The average Bonchev–Trinajstić information content (AvgIpc) is 3.26. The van der Waals surface area contributed by atoms with Crippen LogP contribution in [-0.4, -0.2) is 29.6 Å². The molecule has 0 radical (unpaired) electrons. The van der Waals surface area contributed by atoms with Crippen molar-refractivity contribution in [3.8, 4) is 0 Å². The van der Waals surface area contributed by atoms with Crippen LogP contribution in [0.2, 0.25) is 0 Å². The summed E-state index contributed by atoms with van der Waals surface area (Å²) >= 11 is 4.52. The monoisotopic (exact) mass is 521 g/mol. The number of amides is 1. The zero-order valence-electron chi connectivity index (χ0n) is 19.2. The van der Waals surface area contributed by atoms with Gasteiger partial charge in [-0.2, -0.15) is 0 Å². The molecule has 1 heterocycles. The Morgan fingerprint density at radius 1 is 0.697 bits per heavy atom. The van der Waals surface area contributed by atoms with Crippen LogP contribution in [-0.2, 0) is 4.79 Å². The van der Waals surface area contributed by atoms with Crippen molar-refractivity contribution in [1.29, 1.82) is 0 Å². The van der Waals surface area contributed by atoms with Crippen LogP contribution in [0.5, 0.6) is 0 Å². The van der Waals surface area contributed by atoms with Crippen molar-refractivity contribution in [1.82, 2.24) is 4.90 Å². The number of hydrogen-bond acceptors (Lipinski definition) is 1. The van der Waals surface area contributed by atoms with Gasteiger partial charge in [0.15, 0.2) is 0 Å². The van der Waals surface area contributed by atoms with Crippen molar-refractivity contribution in [2.75, 3.05) is 13.1 Å². The van der Waals surface area contributed by atoms with Crippen molar-refractivity contribution < 1.29 is 4.79 Å². The standard InChI is InChI=1S/C29H33BrNOP/c30-33(25-15-7-2-8-16-25,26-17-9-3-10-18-26,27-19-11-4-12-20-27)28-21-22-31(29(28)32)23-24-13-5-1-6-14-24/h2-4,7-12,15-20,24,28H,1,5-6,13-14,21-23H2. The fraction of sp³-hybridized carbons (Fsp3) is 0.345. The second kappa shape index (κ2) is 9.35. The van der Waals surface area contributed by atoms with Crippen molar-refractivity contribution in [3.63, 3.8) is 0 Å². The van der Waals surface area contributed by atoms with E-state index in [0.29, 0.717) is 11.8 Å². The van der Waals surface area contributed by atoms with Crippen LogP contribution in [0.25, 0.3) is 0 Å². The van der Waals surface area contributed by atoms with Crippen LogP contribution in [0.3, 0.4) is 0 Å². The first-order valence-corrected chi connectivity index (χ1v) is 16.6. The average molecular weight is 522 g/mol. The molecule has 3 aromatic carbocycles. The van der Waals surface area contributed by atoms with E-state index in [0.717, 1.165) is 19.5 Å². The zero-order valence-corrected chi connectivity index (χ0v) is 21.6. The predicted molar refractivity (Wildman–Crippen MR) is 146 cm³/mol. The number of halogens is 1. The summed E-state index contributed by atoms with van der Waals surface area (Å²) in [7, 11) is 0. The molecule has 1 saturated carbocycles. The second-order valence-corrected chi connectivity index (χ2v) is 18.4. The molecule has 1 amide bonds. The Bertz CT molecular complexity index is 983. The molecule has 1 saturated heterocycles. The number of likely N-dealkylation sites (tertiary alicyclic amines) is 1. The topological polar surface area (TPSA) is 20.3 Å². The van der Waals surface area contributed by atoms with Gasteiger partial charge in [-0.05, 0) is 0 Å². The molecule has 2 fully saturated rings. The molecule has 2 nitrogen and oxygen atoms in total. The summed E-state index contributed by atoms with van der Waals surface area (Å²) in [6, 6.07) is 32.2. The SMILES string of the molecule is O=C1C(P(Br)(c2ccccc2)(c2ccccc2)c2ccccc2)CCN1CC1CCCCC1. The van der Waals surface area contributed by atoms with Gasteiger partial charge in [0.1, 0.15) is 0 Å². The van der Waals surface area contributed by atoms with Crippen molar-refractivity contribution >= 4 is 42.6 Å². The number of hydrogen-bond donors (Lipinski definition) is 0. The molecule has 1 atom stereocenters. The molecule has 0 bridgehead atoms. The number of carbonyl (C=O) groups is 1. The van der Waals surface area contributed by atoms with Crippen LogP contribution >= 0.6 is 20.8 Å². The fourth-order valence-corrected chi connectivity index (χ4v) is 14.9. The summed E-state index contributed by atoms with van der Waals surface area (Å²) in [6.45, 7) is 1.78. The van der Waals surface area contributed by atoms with Gasteiger partial charge in [-0.25, -0.2) is 0 Å². The Kier molecular flexibility index (Phi) is 6.47. The van der Waals surface area contributed by atoms with Gasteiger partial charge in [0.05, 0.1) is 0 Å². The number of carbonyl (C=O) groups excluding carboxylic acids is 1. The maximum absolute atomic E-state index is 14.3. The third-order valence-corrected chi connectivity index (χ3v) is 18.6. The number of benzene rings is 3. The summed E-state index contributed by atoms with van der Waals surface area (Å²) in [4.78, 5) is 16.5. The Morgan fingerprint density at radius 2 is 1.15 bits per heavy atom. The molecule has 3 aromatic rings. The molecule has 4 heteroatoms. The summed E-state index contributed by atoms with van der Waals surface area (Å²) in [5, 5.41) is 0.440. The Labute approximate surface area is 206 Å². The maximum atomic E-state index is 14.3. The molecule has 0 N–H and O–H groups in total. The molecule has 1 aliphatic heterocycles. The van der Waals surface area contributed by atoms with Gasteiger partial charge in [-0.1, -0.05) is 0 Å². The van der Waals surface area contributed by atoms with Gasteiger partial charge in [-0.15, -0.1) is 0 Å². The van der Waals surface area contributed by atoms with Crippen LogP contribution in [0, 0.1) is 5.92 Å². The first-order chi connectivity index (χ1) is 16.1. The first-order valence-electron chi connectivity index (χ1n) is 12.3. The zero-order chi connectivity index (χ0) is 22.8. The summed E-state index contributed by atoms with van der Waals surface area (Å²) in [6.07, 6.45) is 7.39. The van der Waals surface area contributed by atoms with Crippen molar-refractivity contribution in [2.24, 2.45) is 5.92 Å².